The van der Waals surface area contributed by atoms with Crippen LogP contribution in [-0.4, -0.2) is 42.9 Å². The molecule has 130 valence electrons. The Morgan fingerprint density at radius 3 is 3.12 bits per heavy atom. The molecular formula is C16H18N6O2S. The molecule has 3 heterocycles. The van der Waals surface area contributed by atoms with Crippen LogP contribution in [0.1, 0.15) is 36.0 Å². The van der Waals surface area contributed by atoms with Crippen LogP contribution in [0.25, 0.3) is 11.0 Å². The molecule has 0 spiro atoms. The summed E-state index contributed by atoms with van der Waals surface area (Å²) in [7, 11) is 0. The summed E-state index contributed by atoms with van der Waals surface area (Å²) < 4.78 is 13.5. The number of aromatic nitrogens is 4. The highest BCUT2D eigenvalue weighted by atomic mass is 32.1. The fourth-order valence-electron chi connectivity index (χ4n) is 3.08. The number of carbonyl (C=O) groups excluding carboxylic acids is 1. The van der Waals surface area contributed by atoms with Crippen molar-refractivity contribution in [2.45, 2.75) is 32.2 Å². The summed E-state index contributed by atoms with van der Waals surface area (Å²) in [5.41, 5.74) is 2.76. The van der Waals surface area contributed by atoms with E-state index in [9.17, 15) is 4.79 Å². The molecule has 1 atom stereocenters. The third-order valence-corrected chi connectivity index (χ3v) is 4.94. The van der Waals surface area contributed by atoms with Gasteiger partial charge in [0.1, 0.15) is 11.0 Å². The van der Waals surface area contributed by atoms with Gasteiger partial charge in [-0.15, -0.1) is 0 Å². The van der Waals surface area contributed by atoms with Crippen LogP contribution in [0.4, 0.5) is 4.79 Å². The molecule has 2 aromatic heterocycles. The molecule has 0 saturated carbocycles. The lowest BCUT2D eigenvalue weighted by atomic mass is 9.98. The number of aryl methyl sites for hydroxylation is 1. The summed E-state index contributed by atoms with van der Waals surface area (Å²) in [6.45, 7) is 3.60. The third-order valence-electron chi connectivity index (χ3n) is 4.38. The normalized spacial score (nSPS) is 17.8. The number of hydrogen-bond acceptors (Lipinski definition) is 7. The summed E-state index contributed by atoms with van der Waals surface area (Å²) in [4.78, 5) is 18.6. The number of fused-ring (bicyclic) bond motifs is 1. The van der Waals surface area contributed by atoms with Crippen LogP contribution >= 0.6 is 11.7 Å². The van der Waals surface area contributed by atoms with Gasteiger partial charge in [-0.3, -0.25) is 0 Å². The van der Waals surface area contributed by atoms with E-state index in [1.54, 1.807) is 6.92 Å². The molecule has 1 saturated heterocycles. The standard InChI is InChI=1S/C16H18N6O2S/c1-10-18-15(19-24-10)12-3-2-6-22(9-12)16(23)17-8-11-4-5-13-14(7-11)21-25-20-13/h4-5,7,12H,2-3,6,8-9H2,1H3,(H,17,23)/t12-/m0/s1. The number of hydrogen-bond donors (Lipinski definition) is 1. The minimum absolute atomic E-state index is 0.0681. The first-order chi connectivity index (χ1) is 12.2. The van der Waals surface area contributed by atoms with E-state index in [1.165, 1.54) is 11.7 Å². The molecule has 1 aliphatic rings. The average Bonchev–Trinajstić information content (AvgIpc) is 3.28. The number of amides is 2. The molecule has 1 N–H and O–H groups in total. The lowest BCUT2D eigenvalue weighted by Crippen LogP contribution is -2.44. The average molecular weight is 358 g/mol. The van der Waals surface area contributed by atoms with E-state index < -0.39 is 0 Å². The maximum atomic E-state index is 12.5. The third kappa shape index (κ3) is 3.46. The predicted octanol–water partition coefficient (Wildman–Crippen LogP) is 2.47. The first-order valence-corrected chi connectivity index (χ1v) is 8.96. The van der Waals surface area contributed by atoms with Gasteiger partial charge in [-0.1, -0.05) is 11.2 Å². The molecule has 0 aliphatic carbocycles. The highest BCUT2D eigenvalue weighted by molar-refractivity contribution is 7.00. The summed E-state index contributed by atoms with van der Waals surface area (Å²) in [5.74, 6) is 1.38. The van der Waals surface area contributed by atoms with Gasteiger partial charge in [0.15, 0.2) is 5.82 Å². The van der Waals surface area contributed by atoms with E-state index in [1.807, 2.05) is 23.1 Å². The molecule has 9 heteroatoms. The number of piperidine rings is 1. The van der Waals surface area contributed by atoms with Crippen LogP contribution in [0.3, 0.4) is 0 Å². The molecule has 1 aromatic carbocycles. The number of carbonyl (C=O) groups is 1. The van der Waals surface area contributed by atoms with Gasteiger partial charge in [0.05, 0.1) is 11.7 Å². The molecule has 1 fully saturated rings. The van der Waals surface area contributed by atoms with Crippen molar-refractivity contribution in [3.63, 3.8) is 0 Å². The first kappa shape index (κ1) is 15.9. The van der Waals surface area contributed by atoms with Gasteiger partial charge in [-0.2, -0.15) is 13.7 Å². The Kier molecular flexibility index (Phi) is 4.31. The number of benzene rings is 1. The molecule has 0 radical (unpaired) electrons. The Hall–Kier alpha value is -2.55. The second kappa shape index (κ2) is 6.75. The summed E-state index contributed by atoms with van der Waals surface area (Å²) in [5, 5.41) is 6.98. The number of nitrogens with zero attached hydrogens (tertiary/aromatic N) is 5. The number of rotatable bonds is 3. The Bertz CT molecular complexity index is 892. The zero-order valence-electron chi connectivity index (χ0n) is 13.8. The van der Waals surface area contributed by atoms with E-state index in [-0.39, 0.29) is 11.9 Å². The maximum Gasteiger partial charge on any atom is 0.317 e. The lowest BCUT2D eigenvalue weighted by molar-refractivity contribution is 0.177. The topological polar surface area (TPSA) is 97.0 Å². The van der Waals surface area contributed by atoms with Crippen LogP contribution in [0.2, 0.25) is 0 Å². The summed E-state index contributed by atoms with van der Waals surface area (Å²) in [6.07, 6.45) is 1.90. The highest BCUT2D eigenvalue weighted by Crippen LogP contribution is 2.24. The van der Waals surface area contributed by atoms with Crippen LogP contribution in [0.15, 0.2) is 22.7 Å². The fraction of sp³-hybridized carbons (Fsp3) is 0.438. The van der Waals surface area contributed by atoms with E-state index in [2.05, 4.69) is 24.2 Å². The second-order valence-corrected chi connectivity index (χ2v) is 6.73. The van der Waals surface area contributed by atoms with Crippen molar-refractivity contribution >= 4 is 28.8 Å². The van der Waals surface area contributed by atoms with E-state index in [4.69, 9.17) is 4.52 Å². The fourth-order valence-corrected chi connectivity index (χ4v) is 3.60. The molecule has 2 amide bonds. The van der Waals surface area contributed by atoms with Crippen molar-refractivity contribution in [1.29, 1.82) is 0 Å². The maximum absolute atomic E-state index is 12.5. The van der Waals surface area contributed by atoms with E-state index >= 15 is 0 Å². The van der Waals surface area contributed by atoms with Gasteiger partial charge >= 0.3 is 6.03 Å². The van der Waals surface area contributed by atoms with Gasteiger partial charge in [-0.25, -0.2) is 4.79 Å². The highest BCUT2D eigenvalue weighted by Gasteiger charge is 2.27. The van der Waals surface area contributed by atoms with E-state index in [0.29, 0.717) is 24.8 Å². The van der Waals surface area contributed by atoms with Crippen molar-refractivity contribution in [3.05, 3.63) is 35.5 Å². The molecule has 1 aliphatic heterocycles. The second-order valence-electron chi connectivity index (χ2n) is 6.20. The van der Waals surface area contributed by atoms with Crippen molar-refractivity contribution < 1.29 is 9.32 Å². The van der Waals surface area contributed by atoms with Crippen molar-refractivity contribution in [3.8, 4) is 0 Å². The van der Waals surface area contributed by atoms with Crippen molar-refractivity contribution in [2.24, 2.45) is 0 Å². The monoisotopic (exact) mass is 358 g/mol. The molecule has 4 rings (SSSR count). The zero-order chi connectivity index (χ0) is 17.2. The van der Waals surface area contributed by atoms with Gasteiger partial charge in [-0.05, 0) is 30.5 Å². The Morgan fingerprint density at radius 2 is 2.28 bits per heavy atom. The number of likely N-dealkylation sites (tertiary alicyclic amines) is 1. The molecular weight excluding hydrogens is 340 g/mol. The van der Waals surface area contributed by atoms with Gasteiger partial charge in [0.25, 0.3) is 0 Å². The van der Waals surface area contributed by atoms with Gasteiger partial charge < -0.3 is 14.7 Å². The minimum Gasteiger partial charge on any atom is -0.340 e. The summed E-state index contributed by atoms with van der Waals surface area (Å²) in [6, 6.07) is 5.78. The van der Waals surface area contributed by atoms with Crippen molar-refractivity contribution in [1.82, 2.24) is 29.1 Å². The molecule has 3 aromatic rings. The van der Waals surface area contributed by atoms with Crippen LogP contribution in [-0.2, 0) is 6.54 Å². The first-order valence-electron chi connectivity index (χ1n) is 8.23. The molecule has 25 heavy (non-hydrogen) atoms. The van der Waals surface area contributed by atoms with Crippen LogP contribution < -0.4 is 5.32 Å². The zero-order valence-corrected chi connectivity index (χ0v) is 14.6. The van der Waals surface area contributed by atoms with Crippen molar-refractivity contribution in [2.75, 3.05) is 13.1 Å². The number of nitrogens with one attached hydrogen (secondary N) is 1. The minimum atomic E-state index is -0.0681. The van der Waals surface area contributed by atoms with Crippen LogP contribution in [0.5, 0.6) is 0 Å². The van der Waals surface area contributed by atoms with Gasteiger partial charge in [0, 0.05) is 32.5 Å². The number of urea groups is 1. The summed E-state index contributed by atoms with van der Waals surface area (Å²) >= 11 is 1.19. The van der Waals surface area contributed by atoms with E-state index in [0.717, 1.165) is 36.0 Å². The largest absolute Gasteiger partial charge is 0.340 e. The predicted molar refractivity (Wildman–Crippen MR) is 92.2 cm³/mol. The Labute approximate surface area is 148 Å². The van der Waals surface area contributed by atoms with Gasteiger partial charge in [0.2, 0.25) is 5.89 Å². The SMILES string of the molecule is Cc1nc([C@H]2CCCN(C(=O)NCc3ccc4nsnc4c3)C2)no1. The molecule has 8 nitrogen and oxygen atoms in total. The molecule has 0 unspecified atom stereocenters. The smallest absolute Gasteiger partial charge is 0.317 e. The Morgan fingerprint density at radius 1 is 1.40 bits per heavy atom. The molecule has 0 bridgehead atoms. The van der Waals surface area contributed by atoms with Crippen LogP contribution in [0, 0.1) is 6.92 Å². The Balaban J connectivity index is 1.36. The quantitative estimate of drug-likeness (QED) is 0.772. The lowest BCUT2D eigenvalue weighted by Gasteiger charge is -2.31.